The van der Waals surface area contributed by atoms with Gasteiger partial charge in [0.1, 0.15) is 18.0 Å². The van der Waals surface area contributed by atoms with Crippen molar-refractivity contribution in [3.8, 4) is 35.1 Å². The number of nitrogen functional groups attached to an aromatic ring is 1. The summed E-state index contributed by atoms with van der Waals surface area (Å²) in [6.07, 6.45) is 8.98. The van der Waals surface area contributed by atoms with Crippen LogP contribution >= 0.6 is 0 Å². The highest BCUT2D eigenvalue weighted by Gasteiger charge is 2.20. The van der Waals surface area contributed by atoms with Crippen LogP contribution in [0.1, 0.15) is 16.8 Å². The fraction of sp³-hybridized carbons (Fsp3) is 0.280. The lowest BCUT2D eigenvalue weighted by Crippen LogP contribution is -2.43. The quantitative estimate of drug-likeness (QED) is 0.377. The molecule has 5 rings (SSSR count). The monoisotopic (exact) mass is 501 g/mol. The maximum Gasteiger partial charge on any atom is 0.248 e. The number of rotatable bonds is 7. The maximum absolute atomic E-state index is 14.9. The van der Waals surface area contributed by atoms with Crippen LogP contribution in [0.25, 0.3) is 22.8 Å². The first-order valence-corrected chi connectivity index (χ1v) is 11.6. The van der Waals surface area contributed by atoms with Crippen molar-refractivity contribution in [2.75, 3.05) is 32.0 Å². The Bertz CT molecular complexity index is 1500. The van der Waals surface area contributed by atoms with Gasteiger partial charge in [0.15, 0.2) is 17.5 Å². The minimum Gasteiger partial charge on any atom is -0.381 e. The van der Waals surface area contributed by atoms with Crippen LogP contribution in [0.2, 0.25) is 0 Å². The smallest absolute Gasteiger partial charge is 0.248 e. The highest BCUT2D eigenvalue weighted by molar-refractivity contribution is 5.78. The number of benzene rings is 1. The molecule has 1 saturated heterocycles. The molecule has 1 aromatic carbocycles. The highest BCUT2D eigenvalue weighted by atomic mass is 19.1. The largest absolute Gasteiger partial charge is 0.381 e. The van der Waals surface area contributed by atoms with Crippen LogP contribution in [0.3, 0.4) is 0 Å². The predicted molar refractivity (Wildman–Crippen MR) is 132 cm³/mol. The van der Waals surface area contributed by atoms with Gasteiger partial charge in [0.05, 0.1) is 31.6 Å². The zero-order valence-corrected chi connectivity index (χ0v) is 20.1. The van der Waals surface area contributed by atoms with Crippen molar-refractivity contribution >= 4 is 11.7 Å². The Hall–Kier alpha value is -4.63. The van der Waals surface area contributed by atoms with E-state index in [0.717, 1.165) is 11.3 Å². The van der Waals surface area contributed by atoms with Gasteiger partial charge < -0.3 is 15.4 Å². The van der Waals surface area contributed by atoms with Crippen LogP contribution in [0, 0.1) is 25.1 Å². The van der Waals surface area contributed by atoms with Crippen molar-refractivity contribution in [3.63, 3.8) is 0 Å². The van der Waals surface area contributed by atoms with E-state index in [4.69, 9.17) is 16.9 Å². The first-order valence-electron chi connectivity index (χ1n) is 11.6. The zero-order chi connectivity index (χ0) is 25.9. The van der Waals surface area contributed by atoms with Crippen LogP contribution < -0.4 is 5.73 Å². The number of carbonyl (C=O) groups excluding carboxylic acids is 1. The number of hydrogen-bond donors (Lipinski definition) is 1. The summed E-state index contributed by atoms with van der Waals surface area (Å²) in [6, 6.07) is 7.25. The first-order chi connectivity index (χ1) is 17.9. The second kappa shape index (κ2) is 10.2. The van der Waals surface area contributed by atoms with Crippen LogP contribution in [-0.2, 0) is 22.6 Å². The minimum atomic E-state index is -0.775. The number of terminal acetylenes is 1. The van der Waals surface area contributed by atoms with E-state index in [9.17, 15) is 9.18 Å². The van der Waals surface area contributed by atoms with E-state index in [1.807, 2.05) is 25.3 Å². The summed E-state index contributed by atoms with van der Waals surface area (Å²) in [5.41, 5.74) is 8.89. The van der Waals surface area contributed by atoms with Gasteiger partial charge in [-0.3, -0.25) is 9.48 Å². The zero-order valence-electron chi connectivity index (χ0n) is 20.1. The number of nitrogens with zero attached hydrogens (tertiary/aromatic N) is 8. The Balaban J connectivity index is 1.33. The van der Waals surface area contributed by atoms with Gasteiger partial charge in [0.25, 0.3) is 0 Å². The molecule has 4 heterocycles. The summed E-state index contributed by atoms with van der Waals surface area (Å²) in [6.45, 7) is 4.52. The lowest BCUT2D eigenvalue weighted by atomic mass is 10.0. The number of amides is 1. The molecule has 1 aliphatic rings. The molecule has 0 saturated carbocycles. The molecule has 1 aliphatic heterocycles. The molecular weight excluding hydrogens is 477 g/mol. The van der Waals surface area contributed by atoms with Crippen molar-refractivity contribution in [2.45, 2.75) is 20.0 Å². The van der Waals surface area contributed by atoms with Crippen LogP contribution in [0.4, 0.5) is 10.2 Å². The highest BCUT2D eigenvalue weighted by Crippen LogP contribution is 2.28. The third-order valence-electron chi connectivity index (χ3n) is 6.09. The van der Waals surface area contributed by atoms with E-state index in [1.165, 1.54) is 4.68 Å². The molecule has 0 aliphatic carbocycles. The predicted octanol–water partition coefficient (Wildman–Crippen LogP) is 1.52. The number of ether oxygens (including phenoxy) is 1. The number of carbonyl (C=O) groups is 1. The van der Waals surface area contributed by atoms with E-state index in [2.05, 4.69) is 31.3 Å². The second-order valence-corrected chi connectivity index (χ2v) is 8.52. The molecule has 2 N–H and O–H groups in total. The molecule has 1 fully saturated rings. The van der Waals surface area contributed by atoms with Gasteiger partial charge in [-0.1, -0.05) is 23.3 Å². The van der Waals surface area contributed by atoms with Crippen molar-refractivity contribution < 1.29 is 13.9 Å². The molecule has 0 radical (unpaired) electrons. The number of halogens is 1. The van der Waals surface area contributed by atoms with E-state index in [-0.39, 0.29) is 35.5 Å². The first kappa shape index (κ1) is 24.1. The molecule has 12 heteroatoms. The molecule has 4 aromatic rings. The van der Waals surface area contributed by atoms with Crippen molar-refractivity contribution in [3.05, 3.63) is 59.3 Å². The van der Waals surface area contributed by atoms with Gasteiger partial charge in [-0.05, 0) is 24.6 Å². The summed E-state index contributed by atoms with van der Waals surface area (Å²) < 4.78 is 23.4. The molecule has 188 valence electrons. The van der Waals surface area contributed by atoms with E-state index >= 15 is 0 Å². The average Bonchev–Trinajstić information content (AvgIpc) is 3.55. The molecule has 0 unspecified atom stereocenters. The molecule has 0 atom stereocenters. The van der Waals surface area contributed by atoms with Crippen molar-refractivity contribution in [2.24, 2.45) is 0 Å². The van der Waals surface area contributed by atoms with Crippen LogP contribution in [-0.4, -0.2) is 71.9 Å². The lowest BCUT2D eigenvalue weighted by molar-refractivity contribution is -0.142. The number of morpholine rings is 1. The summed E-state index contributed by atoms with van der Waals surface area (Å²) >= 11 is 0. The molecule has 11 nitrogen and oxygen atoms in total. The number of anilines is 1. The standard InChI is InChI=1S/C25H24FN9O2/c1-3-17-5-4-6-19(16(17)2)25-28-23(22(26)24(27)29-25)20-14-35(32-30-20)13-18-7-8-34(31-18)10-9-33-11-12-37-15-21(33)36/h1,4-8,14H,9-13,15H2,2H3,(H2,27,28,29). The molecular formula is C25H24FN9O2. The Morgan fingerprint density at radius 1 is 1.22 bits per heavy atom. The second-order valence-electron chi connectivity index (χ2n) is 8.52. The lowest BCUT2D eigenvalue weighted by Gasteiger charge is -2.26. The van der Waals surface area contributed by atoms with Gasteiger partial charge in [-0.15, -0.1) is 11.5 Å². The Kier molecular flexibility index (Phi) is 6.61. The summed E-state index contributed by atoms with van der Waals surface area (Å²) in [5, 5.41) is 12.7. The van der Waals surface area contributed by atoms with E-state index in [0.29, 0.717) is 43.9 Å². The topological polar surface area (TPSA) is 130 Å². The normalized spacial score (nSPS) is 13.6. The van der Waals surface area contributed by atoms with Crippen molar-refractivity contribution in [1.29, 1.82) is 0 Å². The maximum atomic E-state index is 14.9. The molecule has 37 heavy (non-hydrogen) atoms. The van der Waals surface area contributed by atoms with Gasteiger partial charge in [-0.2, -0.15) is 5.10 Å². The van der Waals surface area contributed by atoms with Gasteiger partial charge in [0, 0.05) is 30.4 Å². The van der Waals surface area contributed by atoms with E-state index in [1.54, 1.807) is 27.9 Å². The van der Waals surface area contributed by atoms with Gasteiger partial charge in [-0.25, -0.2) is 19.0 Å². The van der Waals surface area contributed by atoms with Crippen molar-refractivity contribution in [1.82, 2.24) is 39.6 Å². The van der Waals surface area contributed by atoms with Gasteiger partial charge in [0.2, 0.25) is 5.91 Å². The molecule has 3 aromatic heterocycles. The number of aromatic nitrogens is 7. The molecule has 0 spiro atoms. The Morgan fingerprint density at radius 2 is 2.08 bits per heavy atom. The fourth-order valence-corrected chi connectivity index (χ4v) is 4.06. The van der Waals surface area contributed by atoms with Gasteiger partial charge >= 0.3 is 0 Å². The van der Waals surface area contributed by atoms with Crippen LogP contribution in [0.15, 0.2) is 36.7 Å². The summed E-state index contributed by atoms with van der Waals surface area (Å²) in [5.74, 6) is 1.77. The Morgan fingerprint density at radius 3 is 2.89 bits per heavy atom. The third kappa shape index (κ3) is 5.03. The minimum absolute atomic E-state index is 0.0200. The third-order valence-corrected chi connectivity index (χ3v) is 6.09. The SMILES string of the molecule is C#Cc1cccc(-c2nc(N)c(F)c(-c3cn(Cc4ccn(CCN5CCOCC5=O)n4)nn3)n2)c1C. The van der Waals surface area contributed by atoms with Crippen LogP contribution in [0.5, 0.6) is 0 Å². The number of hydrogen-bond acceptors (Lipinski definition) is 8. The average molecular weight is 502 g/mol. The fourth-order valence-electron chi connectivity index (χ4n) is 4.06. The molecule has 1 amide bonds. The molecule has 0 bridgehead atoms. The number of nitrogens with two attached hydrogens (primary N) is 1. The van der Waals surface area contributed by atoms with E-state index < -0.39 is 5.82 Å². The Labute approximate surface area is 212 Å². The summed E-state index contributed by atoms with van der Waals surface area (Å²) in [4.78, 5) is 22.2. The summed E-state index contributed by atoms with van der Waals surface area (Å²) in [7, 11) is 0.